The molecule has 0 aliphatic rings. The number of amides is 1. The molecule has 2 heterocycles. The number of rotatable bonds is 5. The van der Waals surface area contributed by atoms with Crippen molar-refractivity contribution in [3.8, 4) is 0 Å². The molecule has 2 aromatic heterocycles. The van der Waals surface area contributed by atoms with Gasteiger partial charge in [-0.05, 0) is 13.8 Å². The number of aryl methyl sites for hydroxylation is 1. The lowest BCUT2D eigenvalue weighted by molar-refractivity contribution is -0.121. The lowest BCUT2D eigenvalue weighted by atomic mass is 10.2. The maximum absolute atomic E-state index is 11.9. The fourth-order valence-electron chi connectivity index (χ4n) is 1.57. The number of hydrogen-bond donors (Lipinski definition) is 1. The summed E-state index contributed by atoms with van der Waals surface area (Å²) < 4.78 is 10.0. The highest BCUT2D eigenvalue weighted by Gasteiger charge is 2.19. The third-order valence-corrected chi connectivity index (χ3v) is 2.77. The summed E-state index contributed by atoms with van der Waals surface area (Å²) in [6, 6.07) is -0.359. The first-order valence-electron chi connectivity index (χ1n) is 6.38. The third kappa shape index (κ3) is 3.19. The highest BCUT2D eigenvalue weighted by molar-refractivity contribution is 5.78. The van der Waals surface area contributed by atoms with Gasteiger partial charge >= 0.3 is 0 Å². The van der Waals surface area contributed by atoms with Gasteiger partial charge in [-0.2, -0.15) is 0 Å². The second-order valence-electron chi connectivity index (χ2n) is 4.90. The van der Waals surface area contributed by atoms with E-state index in [-0.39, 0.29) is 24.3 Å². The van der Waals surface area contributed by atoms with Gasteiger partial charge in [0.2, 0.25) is 17.7 Å². The number of nitrogens with zero attached hydrogens (tertiary/aromatic N) is 4. The van der Waals surface area contributed by atoms with Crippen molar-refractivity contribution in [2.45, 2.75) is 46.1 Å². The standard InChI is InChI=1S/C12H17N5O3/c1-6(2)11-14-15-12(19-11)8(4)13-10(18)5-9-7(3)16-20-17-9/h6,8H,5H2,1-4H3,(H,13,18)/t8-/m0/s1. The van der Waals surface area contributed by atoms with Crippen molar-refractivity contribution in [1.82, 2.24) is 25.8 Å². The van der Waals surface area contributed by atoms with Gasteiger partial charge in [-0.3, -0.25) is 4.79 Å². The molecule has 1 N–H and O–H groups in total. The summed E-state index contributed by atoms with van der Waals surface area (Å²) in [5, 5.41) is 17.9. The molecule has 108 valence electrons. The first-order valence-corrected chi connectivity index (χ1v) is 6.38. The number of carbonyl (C=O) groups is 1. The molecule has 8 nitrogen and oxygen atoms in total. The van der Waals surface area contributed by atoms with E-state index in [4.69, 9.17) is 4.42 Å². The van der Waals surface area contributed by atoms with Gasteiger partial charge in [0.1, 0.15) is 17.4 Å². The highest BCUT2D eigenvalue weighted by Crippen LogP contribution is 2.16. The number of hydrogen-bond acceptors (Lipinski definition) is 7. The SMILES string of the molecule is Cc1nonc1CC(=O)N[C@@H](C)c1nnc(C(C)C)o1. The van der Waals surface area contributed by atoms with Gasteiger partial charge in [-0.15, -0.1) is 10.2 Å². The number of nitrogens with one attached hydrogen (secondary N) is 1. The molecule has 20 heavy (non-hydrogen) atoms. The fourth-order valence-corrected chi connectivity index (χ4v) is 1.57. The van der Waals surface area contributed by atoms with Crippen LogP contribution in [0.3, 0.4) is 0 Å². The number of aromatic nitrogens is 4. The first kappa shape index (κ1) is 14.2. The summed E-state index contributed by atoms with van der Waals surface area (Å²) in [4.78, 5) is 11.9. The normalized spacial score (nSPS) is 12.7. The van der Waals surface area contributed by atoms with E-state index < -0.39 is 0 Å². The highest BCUT2D eigenvalue weighted by atomic mass is 16.6. The minimum Gasteiger partial charge on any atom is -0.423 e. The van der Waals surface area contributed by atoms with Gasteiger partial charge < -0.3 is 9.73 Å². The first-order chi connectivity index (χ1) is 9.47. The van der Waals surface area contributed by atoms with Crippen LogP contribution in [0, 0.1) is 6.92 Å². The van der Waals surface area contributed by atoms with Crippen LogP contribution in [-0.2, 0) is 11.2 Å². The Morgan fingerprint density at radius 3 is 2.45 bits per heavy atom. The van der Waals surface area contributed by atoms with E-state index in [1.165, 1.54) is 0 Å². The van der Waals surface area contributed by atoms with E-state index in [2.05, 4.69) is 30.5 Å². The molecular formula is C12H17N5O3. The average molecular weight is 279 g/mol. The largest absolute Gasteiger partial charge is 0.423 e. The molecule has 0 aromatic carbocycles. The molecule has 8 heteroatoms. The van der Waals surface area contributed by atoms with Gasteiger partial charge in [-0.25, -0.2) is 4.63 Å². The van der Waals surface area contributed by atoms with Gasteiger partial charge in [0.05, 0.1) is 6.42 Å². The molecule has 0 aliphatic carbocycles. The van der Waals surface area contributed by atoms with Crippen LogP contribution in [0.1, 0.15) is 55.9 Å². The van der Waals surface area contributed by atoms with E-state index in [0.717, 1.165) is 0 Å². The zero-order valence-corrected chi connectivity index (χ0v) is 11.9. The smallest absolute Gasteiger partial charge is 0.238 e. The Morgan fingerprint density at radius 1 is 1.20 bits per heavy atom. The number of carbonyl (C=O) groups excluding carboxylic acids is 1. The molecule has 2 rings (SSSR count). The van der Waals surface area contributed by atoms with Gasteiger partial charge in [0.15, 0.2) is 0 Å². The third-order valence-electron chi connectivity index (χ3n) is 2.77. The molecule has 0 aliphatic heterocycles. The van der Waals surface area contributed by atoms with Crippen LogP contribution in [0.25, 0.3) is 0 Å². The Bertz CT molecular complexity index is 589. The quantitative estimate of drug-likeness (QED) is 0.878. The monoisotopic (exact) mass is 279 g/mol. The van der Waals surface area contributed by atoms with Gasteiger partial charge in [0.25, 0.3) is 0 Å². The summed E-state index contributed by atoms with van der Waals surface area (Å²) >= 11 is 0. The Kier molecular flexibility index (Phi) is 4.11. The van der Waals surface area contributed by atoms with E-state index in [1.54, 1.807) is 13.8 Å². The molecule has 1 atom stereocenters. The topological polar surface area (TPSA) is 107 Å². The van der Waals surface area contributed by atoms with Crippen molar-refractivity contribution >= 4 is 5.91 Å². The molecule has 1 amide bonds. The van der Waals surface area contributed by atoms with Crippen LogP contribution < -0.4 is 5.32 Å². The van der Waals surface area contributed by atoms with Crippen LogP contribution in [0.15, 0.2) is 9.05 Å². The van der Waals surface area contributed by atoms with Gasteiger partial charge in [0, 0.05) is 5.92 Å². The van der Waals surface area contributed by atoms with Crippen LogP contribution in [0.4, 0.5) is 0 Å². The Hall–Kier alpha value is -2.25. The Morgan fingerprint density at radius 2 is 1.90 bits per heavy atom. The van der Waals surface area contributed by atoms with E-state index >= 15 is 0 Å². The predicted molar refractivity (Wildman–Crippen MR) is 67.7 cm³/mol. The lowest BCUT2D eigenvalue weighted by Crippen LogP contribution is -2.28. The van der Waals surface area contributed by atoms with Crippen LogP contribution in [0.2, 0.25) is 0 Å². The minimum absolute atomic E-state index is 0.102. The summed E-state index contributed by atoms with van der Waals surface area (Å²) in [5.41, 5.74) is 1.12. The average Bonchev–Trinajstić information content (AvgIpc) is 2.99. The molecule has 0 spiro atoms. The molecular weight excluding hydrogens is 262 g/mol. The predicted octanol–water partition coefficient (Wildman–Crippen LogP) is 1.30. The van der Waals surface area contributed by atoms with Crippen molar-refractivity contribution in [1.29, 1.82) is 0 Å². The zero-order valence-electron chi connectivity index (χ0n) is 11.9. The summed E-state index contributed by atoms with van der Waals surface area (Å²) in [7, 11) is 0. The van der Waals surface area contributed by atoms with E-state index in [9.17, 15) is 4.79 Å². The second kappa shape index (κ2) is 5.81. The second-order valence-corrected chi connectivity index (χ2v) is 4.90. The van der Waals surface area contributed by atoms with Crippen molar-refractivity contribution in [3.63, 3.8) is 0 Å². The van der Waals surface area contributed by atoms with Gasteiger partial charge in [-0.1, -0.05) is 24.2 Å². The molecule has 0 fully saturated rings. The van der Waals surface area contributed by atoms with E-state index in [1.807, 2.05) is 13.8 Å². The molecule has 0 unspecified atom stereocenters. The Labute approximate surface area is 115 Å². The molecule has 2 aromatic rings. The minimum atomic E-state index is -0.359. The fraction of sp³-hybridized carbons (Fsp3) is 0.583. The molecule has 0 bridgehead atoms. The maximum Gasteiger partial charge on any atom is 0.238 e. The van der Waals surface area contributed by atoms with Crippen molar-refractivity contribution in [2.75, 3.05) is 0 Å². The molecule has 0 saturated carbocycles. The molecule has 0 saturated heterocycles. The maximum atomic E-state index is 11.9. The zero-order chi connectivity index (χ0) is 14.7. The summed E-state index contributed by atoms with van der Waals surface area (Å²) in [5.74, 6) is 0.887. The van der Waals surface area contributed by atoms with Crippen molar-refractivity contribution in [3.05, 3.63) is 23.2 Å². The summed E-state index contributed by atoms with van der Waals surface area (Å²) in [6.07, 6.45) is 0.102. The Balaban J connectivity index is 1.95. The van der Waals surface area contributed by atoms with Crippen LogP contribution in [0.5, 0.6) is 0 Å². The lowest BCUT2D eigenvalue weighted by Gasteiger charge is -2.09. The van der Waals surface area contributed by atoms with E-state index in [0.29, 0.717) is 23.2 Å². The van der Waals surface area contributed by atoms with Crippen LogP contribution in [-0.4, -0.2) is 26.4 Å². The van der Waals surface area contributed by atoms with Crippen molar-refractivity contribution in [2.24, 2.45) is 0 Å². The van der Waals surface area contributed by atoms with Crippen molar-refractivity contribution < 1.29 is 13.8 Å². The summed E-state index contributed by atoms with van der Waals surface area (Å²) in [6.45, 7) is 7.43. The molecule has 0 radical (unpaired) electrons. The van der Waals surface area contributed by atoms with Crippen LogP contribution >= 0.6 is 0 Å².